The lowest BCUT2D eigenvalue weighted by Crippen LogP contribution is -2.39. The van der Waals surface area contributed by atoms with Crippen LogP contribution in [0.1, 0.15) is 33.3 Å². The molecule has 106 valence electrons. The van der Waals surface area contributed by atoms with Crippen molar-refractivity contribution in [3.63, 3.8) is 0 Å². The molecule has 0 atom stereocenters. The highest BCUT2D eigenvalue weighted by Crippen LogP contribution is 2.11. The monoisotopic (exact) mass is 278 g/mol. The third kappa shape index (κ3) is 6.06. The van der Waals surface area contributed by atoms with E-state index in [1.54, 1.807) is 0 Å². The van der Waals surface area contributed by atoms with Crippen molar-refractivity contribution in [2.75, 3.05) is 18.4 Å². The van der Waals surface area contributed by atoms with E-state index >= 15 is 0 Å². The van der Waals surface area contributed by atoms with E-state index in [9.17, 15) is 0 Å². The quantitative estimate of drug-likeness (QED) is 0.808. The summed E-state index contributed by atoms with van der Waals surface area (Å²) in [5.74, 6) is 1.22. The number of benzene rings is 1. The molecular formula is C16H26N2S. The van der Waals surface area contributed by atoms with Crippen LogP contribution in [0.3, 0.4) is 0 Å². The van der Waals surface area contributed by atoms with Crippen LogP contribution in [0.15, 0.2) is 24.3 Å². The Hall–Kier alpha value is -1.09. The third-order valence-electron chi connectivity index (χ3n) is 2.76. The van der Waals surface area contributed by atoms with Gasteiger partial charge in [-0.3, -0.25) is 0 Å². The minimum absolute atomic E-state index is 0.608. The fourth-order valence-electron chi connectivity index (χ4n) is 1.96. The molecule has 0 bridgehead atoms. The maximum absolute atomic E-state index is 5.54. The van der Waals surface area contributed by atoms with Crippen molar-refractivity contribution in [2.45, 2.75) is 34.6 Å². The number of aryl methyl sites for hydroxylation is 1. The van der Waals surface area contributed by atoms with E-state index in [4.69, 9.17) is 12.2 Å². The zero-order valence-corrected chi connectivity index (χ0v) is 13.6. The normalized spacial score (nSPS) is 10.9. The first kappa shape index (κ1) is 16.0. The Morgan fingerprint density at radius 2 is 1.53 bits per heavy atom. The van der Waals surface area contributed by atoms with Crippen LogP contribution in [0.2, 0.25) is 0 Å². The van der Waals surface area contributed by atoms with Gasteiger partial charge in [0.1, 0.15) is 0 Å². The van der Waals surface area contributed by atoms with Crippen LogP contribution < -0.4 is 5.32 Å². The smallest absolute Gasteiger partial charge is 0.173 e. The maximum atomic E-state index is 5.54. The highest BCUT2D eigenvalue weighted by molar-refractivity contribution is 7.80. The number of nitrogens with one attached hydrogen (secondary N) is 1. The lowest BCUT2D eigenvalue weighted by Gasteiger charge is -2.29. The molecule has 2 nitrogen and oxygen atoms in total. The molecule has 0 fully saturated rings. The summed E-state index contributed by atoms with van der Waals surface area (Å²) in [4.78, 5) is 2.27. The minimum atomic E-state index is 0.608. The van der Waals surface area contributed by atoms with Crippen LogP contribution in [-0.4, -0.2) is 23.1 Å². The molecule has 0 unspecified atom stereocenters. The van der Waals surface area contributed by atoms with Gasteiger partial charge in [0.2, 0.25) is 0 Å². The van der Waals surface area contributed by atoms with Gasteiger partial charge in [0.05, 0.1) is 0 Å². The summed E-state index contributed by atoms with van der Waals surface area (Å²) in [5.41, 5.74) is 2.32. The molecule has 19 heavy (non-hydrogen) atoms. The zero-order valence-electron chi connectivity index (χ0n) is 12.7. The molecule has 0 saturated carbocycles. The number of hydrogen-bond donors (Lipinski definition) is 1. The first-order chi connectivity index (χ1) is 8.88. The summed E-state index contributed by atoms with van der Waals surface area (Å²) in [5, 5.41) is 4.16. The topological polar surface area (TPSA) is 15.3 Å². The van der Waals surface area contributed by atoms with Crippen LogP contribution >= 0.6 is 12.2 Å². The molecule has 1 N–H and O–H groups in total. The largest absolute Gasteiger partial charge is 0.349 e. The van der Waals surface area contributed by atoms with Crippen molar-refractivity contribution in [1.82, 2.24) is 4.90 Å². The van der Waals surface area contributed by atoms with E-state index in [2.05, 4.69) is 69.1 Å². The van der Waals surface area contributed by atoms with E-state index in [1.165, 1.54) is 5.56 Å². The number of nitrogens with zero attached hydrogens (tertiary/aromatic N) is 1. The number of anilines is 1. The molecule has 0 aliphatic carbocycles. The molecule has 0 amide bonds. The highest BCUT2D eigenvalue weighted by atomic mass is 32.1. The molecule has 3 heteroatoms. The Balaban J connectivity index is 2.67. The summed E-state index contributed by atoms with van der Waals surface area (Å²) in [7, 11) is 0. The lowest BCUT2D eigenvalue weighted by atomic mass is 10.1. The highest BCUT2D eigenvalue weighted by Gasteiger charge is 2.13. The van der Waals surface area contributed by atoms with Crippen molar-refractivity contribution in [2.24, 2.45) is 11.8 Å². The van der Waals surface area contributed by atoms with Gasteiger partial charge in [0.25, 0.3) is 0 Å². The van der Waals surface area contributed by atoms with Gasteiger partial charge in [-0.1, -0.05) is 45.4 Å². The molecule has 0 aliphatic heterocycles. The van der Waals surface area contributed by atoms with Gasteiger partial charge in [0.15, 0.2) is 5.11 Å². The Labute approximate surface area is 123 Å². The van der Waals surface area contributed by atoms with Crippen LogP contribution in [0.25, 0.3) is 0 Å². The van der Waals surface area contributed by atoms with Gasteiger partial charge in [0, 0.05) is 18.8 Å². The first-order valence-electron chi connectivity index (χ1n) is 7.01. The number of thiocarbonyl (C=S) groups is 1. The average Bonchev–Trinajstić information content (AvgIpc) is 2.30. The molecule has 0 spiro atoms. The summed E-state index contributed by atoms with van der Waals surface area (Å²) in [6.45, 7) is 13.0. The van der Waals surface area contributed by atoms with Crippen LogP contribution in [0.4, 0.5) is 5.69 Å². The summed E-state index contributed by atoms with van der Waals surface area (Å²) in [6, 6.07) is 8.34. The summed E-state index contributed by atoms with van der Waals surface area (Å²) >= 11 is 5.54. The molecule has 1 rings (SSSR count). The van der Waals surface area contributed by atoms with Crippen LogP contribution in [-0.2, 0) is 0 Å². The van der Waals surface area contributed by atoms with E-state index in [0.29, 0.717) is 11.8 Å². The number of hydrogen-bond acceptors (Lipinski definition) is 1. The van der Waals surface area contributed by atoms with Crippen molar-refractivity contribution in [1.29, 1.82) is 0 Å². The Morgan fingerprint density at radius 3 is 1.95 bits per heavy atom. The molecular weight excluding hydrogens is 252 g/mol. The molecule has 0 radical (unpaired) electrons. The second kappa shape index (κ2) is 7.49. The Morgan fingerprint density at radius 1 is 1.05 bits per heavy atom. The molecule has 1 aromatic carbocycles. The zero-order chi connectivity index (χ0) is 14.4. The SMILES string of the molecule is Cc1ccc(NC(=S)N(CC(C)C)CC(C)C)cc1. The van der Waals surface area contributed by atoms with Crippen molar-refractivity contribution in [3.05, 3.63) is 29.8 Å². The Bertz CT molecular complexity index is 386. The van der Waals surface area contributed by atoms with Crippen molar-refractivity contribution >= 4 is 23.0 Å². The van der Waals surface area contributed by atoms with E-state index in [1.807, 2.05) is 0 Å². The lowest BCUT2D eigenvalue weighted by molar-refractivity contribution is 0.332. The maximum Gasteiger partial charge on any atom is 0.173 e. The molecule has 0 heterocycles. The second-order valence-corrected chi connectivity index (χ2v) is 6.38. The van der Waals surface area contributed by atoms with E-state index in [0.717, 1.165) is 23.9 Å². The third-order valence-corrected chi connectivity index (χ3v) is 3.12. The molecule has 0 saturated heterocycles. The second-order valence-electron chi connectivity index (χ2n) is 5.99. The fourth-order valence-corrected chi connectivity index (χ4v) is 2.23. The number of rotatable bonds is 5. The standard InChI is InChI=1S/C16H26N2S/c1-12(2)10-18(11-13(3)4)16(19)17-15-8-6-14(5)7-9-15/h6-9,12-13H,10-11H2,1-5H3,(H,17,19). The molecule has 1 aromatic rings. The minimum Gasteiger partial charge on any atom is -0.349 e. The van der Waals surface area contributed by atoms with Crippen LogP contribution in [0, 0.1) is 18.8 Å². The van der Waals surface area contributed by atoms with Gasteiger partial charge in [-0.15, -0.1) is 0 Å². The van der Waals surface area contributed by atoms with Gasteiger partial charge in [-0.05, 0) is 43.1 Å². The van der Waals surface area contributed by atoms with Gasteiger partial charge in [-0.25, -0.2) is 0 Å². The summed E-state index contributed by atoms with van der Waals surface area (Å²) < 4.78 is 0. The van der Waals surface area contributed by atoms with Gasteiger partial charge >= 0.3 is 0 Å². The predicted octanol–water partition coefficient (Wildman–Crippen LogP) is 4.31. The molecule has 0 aliphatic rings. The first-order valence-corrected chi connectivity index (χ1v) is 7.42. The van der Waals surface area contributed by atoms with E-state index in [-0.39, 0.29) is 0 Å². The Kier molecular flexibility index (Phi) is 6.29. The predicted molar refractivity (Wildman–Crippen MR) is 88.6 cm³/mol. The molecule has 0 aromatic heterocycles. The van der Waals surface area contributed by atoms with E-state index < -0.39 is 0 Å². The fraction of sp³-hybridized carbons (Fsp3) is 0.562. The van der Waals surface area contributed by atoms with Crippen molar-refractivity contribution < 1.29 is 0 Å². The van der Waals surface area contributed by atoms with Gasteiger partial charge in [-0.2, -0.15) is 0 Å². The van der Waals surface area contributed by atoms with Crippen molar-refractivity contribution in [3.8, 4) is 0 Å². The average molecular weight is 278 g/mol. The summed E-state index contributed by atoms with van der Waals surface area (Å²) in [6.07, 6.45) is 0. The van der Waals surface area contributed by atoms with Crippen LogP contribution in [0.5, 0.6) is 0 Å². The van der Waals surface area contributed by atoms with Gasteiger partial charge < -0.3 is 10.2 Å².